The Morgan fingerprint density at radius 3 is 2.53 bits per heavy atom. The van der Waals surface area contributed by atoms with Crippen LogP contribution in [0.15, 0.2) is 64.8 Å². The molecule has 1 saturated heterocycles. The van der Waals surface area contributed by atoms with Crippen LogP contribution in [-0.4, -0.2) is 39.5 Å². The van der Waals surface area contributed by atoms with Crippen LogP contribution in [0.1, 0.15) is 31.2 Å². The van der Waals surface area contributed by atoms with Crippen molar-refractivity contribution in [3.8, 4) is 0 Å². The number of nitrogens with zero attached hydrogens (tertiary/aromatic N) is 4. The molecule has 0 bridgehead atoms. The molecule has 3 aromatic rings. The highest BCUT2D eigenvalue weighted by atomic mass is 32.2. The average molecular weight is 476 g/mol. The number of benzene rings is 1. The van der Waals surface area contributed by atoms with E-state index in [4.69, 9.17) is 4.98 Å². The first kappa shape index (κ1) is 21.5. The largest absolute Gasteiger partial charge is 0.350 e. The first-order valence-corrected chi connectivity index (χ1v) is 12.7. The molecule has 0 atom stereocenters. The number of hydrogen-bond donors (Lipinski definition) is 1. The van der Waals surface area contributed by atoms with Gasteiger partial charge >= 0.3 is 0 Å². The Balaban J connectivity index is 1.21. The van der Waals surface area contributed by atoms with Crippen LogP contribution in [0.3, 0.4) is 0 Å². The minimum absolute atomic E-state index is 0.204. The van der Waals surface area contributed by atoms with E-state index in [0.29, 0.717) is 42.1 Å². The van der Waals surface area contributed by atoms with Crippen molar-refractivity contribution >= 4 is 35.0 Å². The maximum atomic E-state index is 15.0. The first-order valence-electron chi connectivity index (χ1n) is 11.8. The van der Waals surface area contributed by atoms with Crippen LogP contribution in [0.2, 0.25) is 0 Å². The lowest BCUT2D eigenvalue weighted by Gasteiger charge is -2.45. The van der Waals surface area contributed by atoms with Crippen LogP contribution >= 0.6 is 11.8 Å². The lowest BCUT2D eigenvalue weighted by Crippen LogP contribution is -2.60. The summed E-state index contributed by atoms with van der Waals surface area (Å²) in [7, 11) is 0. The number of Topliss-reactive ketones (excluding diaryl/α,β-unsaturated/α-hetero) is 1. The fraction of sp³-hybridized carbons (Fsp3) is 0.385. The Hall–Kier alpha value is -3.00. The van der Waals surface area contributed by atoms with E-state index >= 15 is 0 Å². The van der Waals surface area contributed by atoms with Gasteiger partial charge in [-0.2, -0.15) is 0 Å². The van der Waals surface area contributed by atoms with Crippen molar-refractivity contribution in [1.29, 1.82) is 0 Å². The molecule has 2 saturated carbocycles. The highest BCUT2D eigenvalue weighted by Crippen LogP contribution is 2.48. The van der Waals surface area contributed by atoms with Gasteiger partial charge in [0.15, 0.2) is 5.16 Å². The topological polar surface area (TPSA) is 71.0 Å². The third-order valence-electron chi connectivity index (χ3n) is 6.70. The zero-order valence-electron chi connectivity index (χ0n) is 18.8. The van der Waals surface area contributed by atoms with Crippen molar-refractivity contribution in [2.24, 2.45) is 11.8 Å². The molecule has 34 heavy (non-hydrogen) atoms. The van der Waals surface area contributed by atoms with Gasteiger partial charge in [0.2, 0.25) is 0 Å². The number of carbonyl (C=O) groups excluding carboxylic acids is 1. The maximum absolute atomic E-state index is 15.0. The summed E-state index contributed by atoms with van der Waals surface area (Å²) in [4.78, 5) is 28.8. The summed E-state index contributed by atoms with van der Waals surface area (Å²) >= 11 is 1.46. The summed E-state index contributed by atoms with van der Waals surface area (Å²) in [5.74, 6) is 2.85. The number of nitrogens with one attached hydrogen (secondary N) is 1. The van der Waals surface area contributed by atoms with Gasteiger partial charge in [0.05, 0.1) is 13.1 Å². The Bertz CT molecular complexity index is 1190. The molecular weight excluding hydrogens is 449 g/mol. The monoisotopic (exact) mass is 475 g/mol. The minimum Gasteiger partial charge on any atom is -0.350 e. The second kappa shape index (κ2) is 8.65. The van der Waals surface area contributed by atoms with Crippen LogP contribution in [0.25, 0.3) is 0 Å². The number of hydrogen-bond acceptors (Lipinski definition) is 7. The predicted octanol–water partition coefficient (Wildman–Crippen LogP) is 5.23. The van der Waals surface area contributed by atoms with Gasteiger partial charge in [0, 0.05) is 29.5 Å². The first-order chi connectivity index (χ1) is 16.5. The number of anilines is 3. The quantitative estimate of drug-likeness (QED) is 0.425. The molecule has 3 aliphatic rings. The summed E-state index contributed by atoms with van der Waals surface area (Å²) in [5, 5.41) is 3.83. The van der Waals surface area contributed by atoms with Crippen molar-refractivity contribution < 1.29 is 9.18 Å². The Kier molecular flexibility index (Phi) is 5.48. The van der Waals surface area contributed by atoms with Gasteiger partial charge in [0.1, 0.15) is 28.9 Å². The summed E-state index contributed by atoms with van der Waals surface area (Å²) in [6.45, 7) is 0.761. The lowest BCUT2D eigenvalue weighted by molar-refractivity contribution is -0.119. The molecule has 3 heterocycles. The van der Waals surface area contributed by atoms with E-state index in [2.05, 4.69) is 15.3 Å². The molecule has 2 aromatic heterocycles. The number of carbonyl (C=O) groups is 1. The molecule has 2 aliphatic carbocycles. The number of ketones is 1. The van der Waals surface area contributed by atoms with Crippen LogP contribution in [0, 0.1) is 11.8 Å². The molecule has 0 spiro atoms. The van der Waals surface area contributed by atoms with E-state index in [0.717, 1.165) is 42.0 Å². The molecule has 1 aliphatic heterocycles. The summed E-state index contributed by atoms with van der Waals surface area (Å²) < 4.78 is 15.0. The summed E-state index contributed by atoms with van der Waals surface area (Å²) in [6.07, 6.45) is 6.28. The van der Waals surface area contributed by atoms with Crippen LogP contribution in [0.5, 0.6) is 0 Å². The van der Waals surface area contributed by atoms with Gasteiger partial charge in [-0.25, -0.2) is 19.3 Å². The smallest absolute Gasteiger partial charge is 0.196 e. The summed E-state index contributed by atoms with van der Waals surface area (Å²) in [6, 6.07) is 15.5. The van der Waals surface area contributed by atoms with Crippen molar-refractivity contribution in [3.63, 3.8) is 0 Å². The maximum Gasteiger partial charge on any atom is 0.196 e. The zero-order valence-corrected chi connectivity index (χ0v) is 19.6. The fourth-order valence-electron chi connectivity index (χ4n) is 4.39. The SMILES string of the molecule is O=C(Cc1ccc(Sc2nc(Nc3ccccn3)cc(N3CC(F)(C4CC4)C3)n2)cc1)C1CC1. The fourth-order valence-corrected chi connectivity index (χ4v) is 5.16. The minimum atomic E-state index is -1.08. The molecular formula is C26H26FN5OS. The lowest BCUT2D eigenvalue weighted by atomic mass is 9.91. The summed E-state index contributed by atoms with van der Waals surface area (Å²) in [5.41, 5.74) is -0.0472. The molecule has 3 fully saturated rings. The molecule has 1 aromatic carbocycles. The third-order valence-corrected chi connectivity index (χ3v) is 7.57. The van der Waals surface area contributed by atoms with Crippen molar-refractivity contribution in [2.45, 2.75) is 47.8 Å². The Morgan fingerprint density at radius 1 is 1.06 bits per heavy atom. The van der Waals surface area contributed by atoms with Crippen LogP contribution < -0.4 is 10.2 Å². The number of halogens is 1. The van der Waals surface area contributed by atoms with Crippen molar-refractivity contribution in [1.82, 2.24) is 15.0 Å². The average Bonchev–Trinajstić information content (AvgIpc) is 3.71. The molecule has 6 rings (SSSR count). The molecule has 0 unspecified atom stereocenters. The second-order valence-corrected chi connectivity index (χ2v) is 10.6. The molecule has 0 amide bonds. The molecule has 0 radical (unpaired) electrons. The standard InChI is InChI=1S/C26H26FN5OS/c27-26(19-8-9-19)15-32(16-26)24-14-23(29-22-3-1-2-12-28-22)30-25(31-24)34-20-10-4-17(5-11-20)13-21(33)18-6-7-18/h1-5,10-12,14,18-19H,6-9,13,15-16H2,(H,28,29,30,31). The highest BCUT2D eigenvalue weighted by molar-refractivity contribution is 7.99. The van der Waals surface area contributed by atoms with Crippen LogP contribution in [-0.2, 0) is 11.2 Å². The normalized spacial score (nSPS) is 18.9. The molecule has 6 nitrogen and oxygen atoms in total. The molecule has 1 N–H and O–H groups in total. The number of rotatable bonds is 9. The Labute approximate surface area is 202 Å². The third kappa shape index (κ3) is 4.78. The Morgan fingerprint density at radius 2 is 1.85 bits per heavy atom. The van der Waals surface area contributed by atoms with Gasteiger partial charge in [0.25, 0.3) is 0 Å². The zero-order chi connectivity index (χ0) is 23.1. The van der Waals surface area contributed by atoms with E-state index in [9.17, 15) is 9.18 Å². The van der Waals surface area contributed by atoms with E-state index in [1.165, 1.54) is 11.8 Å². The predicted molar refractivity (Wildman–Crippen MR) is 130 cm³/mol. The number of aromatic nitrogens is 3. The molecule has 8 heteroatoms. The van der Waals surface area contributed by atoms with E-state index < -0.39 is 5.67 Å². The van der Waals surface area contributed by atoms with Crippen molar-refractivity contribution in [2.75, 3.05) is 23.3 Å². The van der Waals surface area contributed by atoms with Gasteiger partial charge in [-0.15, -0.1) is 0 Å². The van der Waals surface area contributed by atoms with Crippen molar-refractivity contribution in [3.05, 3.63) is 60.3 Å². The van der Waals surface area contributed by atoms with Gasteiger partial charge < -0.3 is 10.2 Å². The van der Waals surface area contributed by atoms with E-state index in [-0.39, 0.29) is 11.8 Å². The van der Waals surface area contributed by atoms with Gasteiger partial charge in [-0.05, 0) is 73.2 Å². The van der Waals surface area contributed by atoms with Gasteiger partial charge in [-0.3, -0.25) is 4.79 Å². The van der Waals surface area contributed by atoms with Gasteiger partial charge in [-0.1, -0.05) is 18.2 Å². The number of alkyl halides is 1. The van der Waals surface area contributed by atoms with E-state index in [1.54, 1.807) is 6.20 Å². The second-order valence-electron chi connectivity index (χ2n) is 9.56. The van der Waals surface area contributed by atoms with E-state index in [1.807, 2.05) is 53.4 Å². The number of pyridine rings is 1. The van der Waals surface area contributed by atoms with Crippen LogP contribution in [0.4, 0.5) is 21.8 Å². The highest BCUT2D eigenvalue weighted by Gasteiger charge is 2.54. The molecule has 174 valence electrons.